The normalized spacial score (nSPS) is 13.7. The maximum absolute atomic E-state index is 14.7. The first-order valence-corrected chi connectivity index (χ1v) is 14.3. The highest BCUT2D eigenvalue weighted by Gasteiger charge is 2.37. The molecule has 0 radical (unpaired) electrons. The van der Waals surface area contributed by atoms with E-state index in [0.717, 1.165) is 66.8 Å². The average molecular weight is 546 g/mol. The van der Waals surface area contributed by atoms with E-state index in [1.54, 1.807) is 12.1 Å². The Morgan fingerprint density at radius 3 is 1.93 bits per heavy atom. The van der Waals surface area contributed by atoms with Crippen molar-refractivity contribution in [2.45, 2.75) is 19.3 Å². The van der Waals surface area contributed by atoms with Gasteiger partial charge in [0.25, 0.3) is 0 Å². The Labute approximate surface area is 244 Å². The number of fused-ring (bicyclic) bond motifs is 5. The van der Waals surface area contributed by atoms with Gasteiger partial charge in [-0.05, 0) is 94.0 Å². The predicted octanol–water partition coefficient (Wildman–Crippen LogP) is 11.2. The van der Waals surface area contributed by atoms with Crippen LogP contribution in [0.5, 0.6) is 0 Å². The van der Waals surface area contributed by atoms with Crippen LogP contribution in [-0.2, 0) is 5.41 Å². The number of hydrogen-bond acceptors (Lipinski definition) is 2. The van der Waals surface area contributed by atoms with E-state index in [1.807, 2.05) is 30.3 Å². The molecule has 0 aliphatic carbocycles. The van der Waals surface area contributed by atoms with Crippen LogP contribution in [0.3, 0.4) is 0 Å². The maximum Gasteiger partial charge on any atom is 0.135 e. The minimum absolute atomic E-state index is 0.224. The molecular formula is C39H28FNO. The van der Waals surface area contributed by atoms with Crippen molar-refractivity contribution in [3.8, 4) is 22.3 Å². The zero-order chi connectivity index (χ0) is 28.4. The minimum atomic E-state index is -0.407. The standard InChI is InChI=1S/C39H28FNO/c1-39(2)33-23-28(27-15-21-38-32(22-27)31-10-6-7-11-37(31)42-38)14-19-35(33)41(36-20-16-29(40)24-34(36)39)30-17-12-26(13-18-30)25-8-4-3-5-9-25/h3-24H,1-2H3. The molecule has 1 aliphatic heterocycles. The molecule has 0 unspecified atom stereocenters. The summed E-state index contributed by atoms with van der Waals surface area (Å²) in [6.07, 6.45) is 0. The lowest BCUT2D eigenvalue weighted by Gasteiger charge is -2.42. The van der Waals surface area contributed by atoms with Gasteiger partial charge in [-0.2, -0.15) is 0 Å². The smallest absolute Gasteiger partial charge is 0.135 e. The van der Waals surface area contributed by atoms with Crippen LogP contribution in [0, 0.1) is 5.82 Å². The fourth-order valence-electron chi connectivity index (χ4n) is 6.51. The first kappa shape index (κ1) is 24.6. The van der Waals surface area contributed by atoms with Gasteiger partial charge in [-0.1, -0.05) is 86.6 Å². The van der Waals surface area contributed by atoms with E-state index >= 15 is 0 Å². The number of benzene rings is 6. The second-order valence-electron chi connectivity index (χ2n) is 11.6. The summed E-state index contributed by atoms with van der Waals surface area (Å²) >= 11 is 0. The Morgan fingerprint density at radius 2 is 1.12 bits per heavy atom. The lowest BCUT2D eigenvalue weighted by Crippen LogP contribution is -2.30. The molecule has 2 heterocycles. The first-order valence-electron chi connectivity index (χ1n) is 14.3. The van der Waals surface area contributed by atoms with Gasteiger partial charge in [0.2, 0.25) is 0 Å². The number of para-hydroxylation sites is 1. The fraction of sp³-hybridized carbons (Fsp3) is 0.0769. The molecule has 202 valence electrons. The van der Waals surface area contributed by atoms with Gasteiger partial charge in [0.15, 0.2) is 0 Å². The molecule has 1 aliphatic rings. The second kappa shape index (κ2) is 9.19. The van der Waals surface area contributed by atoms with Gasteiger partial charge in [-0.3, -0.25) is 0 Å². The van der Waals surface area contributed by atoms with Gasteiger partial charge in [-0.25, -0.2) is 4.39 Å². The van der Waals surface area contributed by atoms with Crippen LogP contribution in [0.25, 0.3) is 44.2 Å². The molecule has 0 amide bonds. The summed E-state index contributed by atoms with van der Waals surface area (Å²) in [6, 6.07) is 45.4. The van der Waals surface area contributed by atoms with Crippen LogP contribution >= 0.6 is 0 Å². The zero-order valence-corrected chi connectivity index (χ0v) is 23.4. The molecule has 6 aromatic carbocycles. The largest absolute Gasteiger partial charge is 0.456 e. The summed E-state index contributed by atoms with van der Waals surface area (Å²) in [7, 11) is 0. The Kier molecular flexibility index (Phi) is 5.39. The minimum Gasteiger partial charge on any atom is -0.456 e. The molecule has 3 heteroatoms. The Morgan fingerprint density at radius 1 is 0.524 bits per heavy atom. The molecule has 1 aromatic heterocycles. The van der Waals surface area contributed by atoms with Crippen molar-refractivity contribution >= 4 is 39.0 Å². The van der Waals surface area contributed by atoms with Crippen LogP contribution in [0.1, 0.15) is 25.0 Å². The van der Waals surface area contributed by atoms with Crippen molar-refractivity contribution in [3.63, 3.8) is 0 Å². The van der Waals surface area contributed by atoms with E-state index in [0.29, 0.717) is 0 Å². The lowest BCUT2D eigenvalue weighted by atomic mass is 9.72. The molecule has 0 saturated carbocycles. The van der Waals surface area contributed by atoms with Crippen LogP contribution in [-0.4, -0.2) is 0 Å². The zero-order valence-electron chi connectivity index (χ0n) is 23.4. The Balaban J connectivity index is 1.29. The molecule has 2 nitrogen and oxygen atoms in total. The van der Waals surface area contributed by atoms with E-state index < -0.39 is 5.41 Å². The topological polar surface area (TPSA) is 16.4 Å². The molecule has 0 saturated heterocycles. The van der Waals surface area contributed by atoms with E-state index in [-0.39, 0.29) is 5.82 Å². The van der Waals surface area contributed by atoms with Gasteiger partial charge in [0.1, 0.15) is 17.0 Å². The van der Waals surface area contributed by atoms with E-state index in [2.05, 4.69) is 110 Å². The summed E-state index contributed by atoms with van der Waals surface area (Å²) in [5, 5.41) is 2.22. The monoisotopic (exact) mass is 545 g/mol. The van der Waals surface area contributed by atoms with Crippen molar-refractivity contribution in [1.82, 2.24) is 0 Å². The third kappa shape index (κ3) is 3.77. The third-order valence-corrected chi connectivity index (χ3v) is 8.73. The van der Waals surface area contributed by atoms with Crippen molar-refractivity contribution in [2.75, 3.05) is 4.90 Å². The quantitative estimate of drug-likeness (QED) is 0.220. The molecule has 0 fully saturated rings. The van der Waals surface area contributed by atoms with Gasteiger partial charge >= 0.3 is 0 Å². The Bertz CT molecular complexity index is 2120. The second-order valence-corrected chi connectivity index (χ2v) is 11.6. The highest BCUT2D eigenvalue weighted by molar-refractivity contribution is 6.06. The van der Waals surface area contributed by atoms with Gasteiger partial charge in [0.05, 0.1) is 11.4 Å². The Hall–Kier alpha value is -5.15. The number of nitrogens with zero attached hydrogens (tertiary/aromatic N) is 1. The van der Waals surface area contributed by atoms with E-state index in [4.69, 9.17) is 4.42 Å². The average Bonchev–Trinajstić information content (AvgIpc) is 3.40. The van der Waals surface area contributed by atoms with E-state index in [1.165, 1.54) is 5.56 Å². The molecule has 0 bridgehead atoms. The van der Waals surface area contributed by atoms with Crippen molar-refractivity contribution in [1.29, 1.82) is 0 Å². The summed E-state index contributed by atoms with van der Waals surface area (Å²) in [6.45, 7) is 4.38. The van der Waals surface area contributed by atoms with Crippen LogP contribution in [0.15, 0.2) is 138 Å². The van der Waals surface area contributed by atoms with Crippen LogP contribution < -0.4 is 4.90 Å². The highest BCUT2D eigenvalue weighted by Crippen LogP contribution is 2.53. The van der Waals surface area contributed by atoms with Crippen molar-refractivity contribution in [2.24, 2.45) is 0 Å². The van der Waals surface area contributed by atoms with Crippen LogP contribution in [0.4, 0.5) is 21.5 Å². The third-order valence-electron chi connectivity index (χ3n) is 8.73. The van der Waals surface area contributed by atoms with Gasteiger partial charge in [-0.15, -0.1) is 0 Å². The number of hydrogen-bond donors (Lipinski definition) is 0. The summed E-state index contributed by atoms with van der Waals surface area (Å²) in [5.74, 6) is -0.224. The molecule has 0 N–H and O–H groups in total. The van der Waals surface area contributed by atoms with Crippen molar-refractivity contribution in [3.05, 3.63) is 150 Å². The molecule has 42 heavy (non-hydrogen) atoms. The molecule has 0 spiro atoms. The number of rotatable bonds is 3. The predicted molar refractivity (Wildman–Crippen MR) is 171 cm³/mol. The van der Waals surface area contributed by atoms with Gasteiger partial charge < -0.3 is 9.32 Å². The number of furan rings is 1. The SMILES string of the molecule is CC1(C)c2cc(F)ccc2N(c2ccc(-c3ccccc3)cc2)c2ccc(-c3ccc4oc5ccccc5c4c3)cc21. The maximum atomic E-state index is 14.7. The summed E-state index contributed by atoms with van der Waals surface area (Å²) < 4.78 is 20.8. The fourth-order valence-corrected chi connectivity index (χ4v) is 6.51. The molecule has 7 aromatic rings. The summed E-state index contributed by atoms with van der Waals surface area (Å²) in [5.41, 5.74) is 11.2. The molecule has 8 rings (SSSR count). The summed E-state index contributed by atoms with van der Waals surface area (Å²) in [4.78, 5) is 2.26. The van der Waals surface area contributed by atoms with Gasteiger partial charge in [0, 0.05) is 21.9 Å². The highest BCUT2D eigenvalue weighted by atomic mass is 19.1. The first-order chi connectivity index (χ1) is 20.5. The lowest BCUT2D eigenvalue weighted by molar-refractivity contribution is 0.597. The van der Waals surface area contributed by atoms with E-state index in [9.17, 15) is 4.39 Å². The van der Waals surface area contributed by atoms with Crippen molar-refractivity contribution < 1.29 is 8.81 Å². The van der Waals surface area contributed by atoms with Crippen LogP contribution in [0.2, 0.25) is 0 Å². The molecular weight excluding hydrogens is 517 g/mol. The number of anilines is 3. The number of halogens is 1. The molecule has 0 atom stereocenters.